The Morgan fingerprint density at radius 1 is 1.20 bits per heavy atom. The third kappa shape index (κ3) is 3.78. The second kappa shape index (κ2) is 6.98. The van der Waals surface area contributed by atoms with Crippen molar-refractivity contribution in [1.82, 2.24) is 4.98 Å². The molecule has 0 saturated heterocycles. The molecule has 0 aliphatic rings. The van der Waals surface area contributed by atoms with Crippen LogP contribution in [0.4, 0.5) is 0 Å². The SMILES string of the molecule is Cc1nccc(-c2ccc(C[C@H](I)C(=O)I)cc2)c1C. The second-order valence-electron chi connectivity index (χ2n) is 4.74. The highest BCUT2D eigenvalue weighted by atomic mass is 127. The fourth-order valence-corrected chi connectivity index (χ4v) is 2.79. The maximum atomic E-state index is 11.3. The van der Waals surface area contributed by atoms with Crippen LogP contribution in [0.2, 0.25) is 0 Å². The Morgan fingerprint density at radius 2 is 1.85 bits per heavy atom. The van der Waals surface area contributed by atoms with Crippen LogP contribution in [0, 0.1) is 13.8 Å². The van der Waals surface area contributed by atoms with Crippen molar-refractivity contribution < 1.29 is 4.79 Å². The number of halogens is 2. The lowest BCUT2D eigenvalue weighted by Gasteiger charge is -2.10. The van der Waals surface area contributed by atoms with E-state index in [-0.39, 0.29) is 7.71 Å². The van der Waals surface area contributed by atoms with Gasteiger partial charge in [-0.15, -0.1) is 0 Å². The predicted molar refractivity (Wildman–Crippen MR) is 99.7 cm³/mol. The van der Waals surface area contributed by atoms with Crippen LogP contribution >= 0.6 is 45.2 Å². The van der Waals surface area contributed by atoms with Crippen molar-refractivity contribution in [2.24, 2.45) is 0 Å². The summed E-state index contributed by atoms with van der Waals surface area (Å²) in [5.41, 5.74) is 5.90. The largest absolute Gasteiger partial charge is 0.287 e. The fourth-order valence-electron chi connectivity index (χ4n) is 2.06. The zero-order chi connectivity index (χ0) is 14.7. The topological polar surface area (TPSA) is 30.0 Å². The first-order chi connectivity index (χ1) is 9.49. The monoisotopic (exact) mass is 491 g/mol. The Labute approximate surface area is 146 Å². The van der Waals surface area contributed by atoms with Gasteiger partial charge in [0.05, 0.1) is 3.92 Å². The first-order valence-corrected chi connectivity index (χ1v) is 8.66. The van der Waals surface area contributed by atoms with Crippen LogP contribution in [0.1, 0.15) is 16.8 Å². The molecular weight excluding hydrogens is 476 g/mol. The van der Waals surface area contributed by atoms with Gasteiger partial charge in [0, 0.05) is 34.5 Å². The summed E-state index contributed by atoms with van der Waals surface area (Å²) < 4.78 is 0.247. The van der Waals surface area contributed by atoms with Crippen molar-refractivity contribution in [1.29, 1.82) is 0 Å². The molecule has 1 heterocycles. The molecule has 0 bridgehead atoms. The number of carbonyl (C=O) groups is 1. The highest BCUT2D eigenvalue weighted by molar-refractivity contribution is 14.1. The van der Waals surface area contributed by atoms with E-state index in [1.165, 1.54) is 22.3 Å². The summed E-state index contributed by atoms with van der Waals surface area (Å²) in [5.74, 6) is 0. The first kappa shape index (κ1) is 15.9. The lowest BCUT2D eigenvalue weighted by atomic mass is 9.98. The lowest BCUT2D eigenvalue weighted by Crippen LogP contribution is -2.09. The summed E-state index contributed by atoms with van der Waals surface area (Å²) in [6.07, 6.45) is 2.64. The summed E-state index contributed by atoms with van der Waals surface area (Å²) in [6.45, 7) is 4.13. The van der Waals surface area contributed by atoms with Gasteiger partial charge in [0.15, 0.2) is 0 Å². The fraction of sp³-hybridized carbons (Fsp3) is 0.250. The maximum Gasteiger partial charge on any atom is 0.205 e. The van der Waals surface area contributed by atoms with Crippen LogP contribution in [-0.4, -0.2) is 12.7 Å². The highest BCUT2D eigenvalue weighted by Crippen LogP contribution is 2.25. The van der Waals surface area contributed by atoms with E-state index in [4.69, 9.17) is 0 Å². The number of aromatic nitrogens is 1. The van der Waals surface area contributed by atoms with Crippen molar-refractivity contribution in [3.05, 3.63) is 53.3 Å². The van der Waals surface area contributed by atoms with Crippen LogP contribution in [-0.2, 0) is 11.2 Å². The van der Waals surface area contributed by atoms with Crippen LogP contribution in [0.3, 0.4) is 0 Å². The Hall–Kier alpha value is -0.500. The van der Waals surface area contributed by atoms with Crippen molar-refractivity contribution >= 4 is 49.0 Å². The molecule has 0 amide bonds. The Morgan fingerprint density at radius 3 is 2.45 bits per heavy atom. The van der Waals surface area contributed by atoms with Gasteiger partial charge >= 0.3 is 0 Å². The first-order valence-electron chi connectivity index (χ1n) is 6.34. The van der Waals surface area contributed by atoms with E-state index in [1.807, 2.05) is 41.8 Å². The minimum absolute atomic E-state index is 0.0453. The molecule has 104 valence electrons. The van der Waals surface area contributed by atoms with Crippen molar-refractivity contribution in [3.63, 3.8) is 0 Å². The smallest absolute Gasteiger partial charge is 0.205 e. The number of rotatable bonds is 4. The average molecular weight is 491 g/mol. The van der Waals surface area contributed by atoms with Gasteiger partial charge in [0.2, 0.25) is 3.79 Å². The quantitative estimate of drug-likeness (QED) is 0.354. The summed E-state index contributed by atoms with van der Waals surface area (Å²) in [5, 5.41) is 0. The molecule has 1 aromatic carbocycles. The molecule has 1 aromatic heterocycles. The van der Waals surface area contributed by atoms with Crippen LogP contribution in [0.25, 0.3) is 11.1 Å². The molecule has 4 heteroatoms. The molecule has 0 unspecified atom stereocenters. The van der Waals surface area contributed by atoms with Crippen LogP contribution < -0.4 is 0 Å². The molecule has 0 radical (unpaired) electrons. The summed E-state index contributed by atoms with van der Waals surface area (Å²) in [6, 6.07) is 10.5. The lowest BCUT2D eigenvalue weighted by molar-refractivity contribution is -0.108. The number of hydrogen-bond acceptors (Lipinski definition) is 2. The van der Waals surface area contributed by atoms with Crippen LogP contribution in [0.5, 0.6) is 0 Å². The van der Waals surface area contributed by atoms with E-state index < -0.39 is 0 Å². The number of nitrogens with zero attached hydrogens (tertiary/aromatic N) is 1. The van der Waals surface area contributed by atoms with Gasteiger partial charge in [-0.1, -0.05) is 46.9 Å². The summed E-state index contributed by atoms with van der Waals surface area (Å²) >= 11 is 4.07. The van der Waals surface area contributed by atoms with E-state index in [0.717, 1.165) is 12.1 Å². The highest BCUT2D eigenvalue weighted by Gasteiger charge is 2.12. The van der Waals surface area contributed by atoms with Gasteiger partial charge in [-0.05, 0) is 48.6 Å². The predicted octanol–water partition coefficient (Wildman–Crippen LogP) is 4.67. The molecule has 0 N–H and O–H groups in total. The van der Waals surface area contributed by atoms with E-state index >= 15 is 0 Å². The number of hydrogen-bond donors (Lipinski definition) is 0. The molecule has 0 aliphatic heterocycles. The average Bonchev–Trinajstić information content (AvgIpc) is 2.43. The zero-order valence-corrected chi connectivity index (χ0v) is 15.7. The van der Waals surface area contributed by atoms with Gasteiger partial charge in [-0.3, -0.25) is 9.78 Å². The molecular formula is C16H15I2NO. The normalized spacial score (nSPS) is 12.2. The van der Waals surface area contributed by atoms with Gasteiger partial charge in [0.25, 0.3) is 0 Å². The number of carbonyl (C=O) groups excluding carboxylic acids is 1. The molecule has 2 nitrogen and oxygen atoms in total. The van der Waals surface area contributed by atoms with E-state index in [9.17, 15) is 4.79 Å². The molecule has 1 atom stereocenters. The summed E-state index contributed by atoms with van der Waals surface area (Å²) in [4.78, 5) is 15.6. The van der Waals surface area contributed by atoms with Crippen molar-refractivity contribution in [2.45, 2.75) is 24.2 Å². The van der Waals surface area contributed by atoms with Crippen molar-refractivity contribution in [2.75, 3.05) is 0 Å². The minimum atomic E-state index is 0.0453. The van der Waals surface area contributed by atoms with Crippen molar-refractivity contribution in [3.8, 4) is 11.1 Å². The van der Waals surface area contributed by atoms with E-state index in [2.05, 4.69) is 58.8 Å². The molecule has 0 aliphatic carbocycles. The minimum Gasteiger partial charge on any atom is -0.287 e. The molecule has 0 spiro atoms. The molecule has 20 heavy (non-hydrogen) atoms. The summed E-state index contributed by atoms with van der Waals surface area (Å²) in [7, 11) is 0. The van der Waals surface area contributed by atoms with Gasteiger partial charge in [0.1, 0.15) is 0 Å². The molecule has 0 fully saturated rings. The molecule has 0 saturated carbocycles. The standard InChI is InChI=1S/C16H15I2NO/c1-10-11(2)19-8-7-14(10)13-5-3-12(4-6-13)9-15(17)16(18)20/h3-8,15H,9H2,1-2H3/t15-/m0/s1. The Balaban J connectivity index is 2.24. The van der Waals surface area contributed by atoms with Gasteiger partial charge in [-0.25, -0.2) is 0 Å². The number of benzene rings is 1. The molecule has 2 aromatic rings. The number of alkyl halides is 1. The van der Waals surface area contributed by atoms with E-state index in [0.29, 0.717) is 0 Å². The number of aryl methyl sites for hydroxylation is 1. The maximum absolute atomic E-state index is 11.3. The third-order valence-electron chi connectivity index (χ3n) is 3.38. The Kier molecular flexibility index (Phi) is 5.54. The molecule has 2 rings (SSSR count). The zero-order valence-electron chi connectivity index (χ0n) is 11.4. The third-order valence-corrected chi connectivity index (χ3v) is 6.33. The Bertz CT molecular complexity index is 623. The van der Waals surface area contributed by atoms with Gasteiger partial charge < -0.3 is 0 Å². The van der Waals surface area contributed by atoms with E-state index in [1.54, 1.807) is 0 Å². The van der Waals surface area contributed by atoms with Gasteiger partial charge in [-0.2, -0.15) is 0 Å². The number of pyridine rings is 1. The van der Waals surface area contributed by atoms with Crippen LogP contribution in [0.15, 0.2) is 36.5 Å². The second-order valence-corrected chi connectivity index (χ2v) is 7.31.